The van der Waals surface area contributed by atoms with E-state index in [9.17, 15) is 4.79 Å². The van der Waals surface area contributed by atoms with Crippen molar-refractivity contribution in [1.29, 1.82) is 0 Å². The van der Waals surface area contributed by atoms with Gasteiger partial charge in [0.1, 0.15) is 0 Å². The molecule has 5 heteroatoms. The summed E-state index contributed by atoms with van der Waals surface area (Å²) in [6.07, 6.45) is 2.07. The standard InChI is InChI=1S/C20H23ClN2OS/c1-20(2,3)16-6-4-15(5-7-16)14-22-23-19(24)12-13-25-18-10-8-17(21)9-11-18/h4-11,14H,12-13H2,1-3H3,(H,23,24)/b22-14-. The fourth-order valence-corrected chi connectivity index (χ4v) is 3.07. The van der Waals surface area contributed by atoms with Gasteiger partial charge in [0.2, 0.25) is 5.91 Å². The first-order chi connectivity index (χ1) is 11.8. The van der Waals surface area contributed by atoms with Crippen molar-refractivity contribution in [3.63, 3.8) is 0 Å². The van der Waals surface area contributed by atoms with E-state index in [-0.39, 0.29) is 11.3 Å². The number of hydrazone groups is 1. The maximum absolute atomic E-state index is 11.8. The van der Waals surface area contributed by atoms with Gasteiger partial charge in [-0.2, -0.15) is 5.10 Å². The smallest absolute Gasteiger partial charge is 0.240 e. The Bertz CT molecular complexity index is 719. The van der Waals surface area contributed by atoms with Crippen LogP contribution in [0.15, 0.2) is 58.5 Å². The summed E-state index contributed by atoms with van der Waals surface area (Å²) in [5, 5.41) is 4.73. The Hall–Kier alpha value is -1.78. The van der Waals surface area contributed by atoms with E-state index in [0.29, 0.717) is 17.2 Å². The molecule has 0 aromatic heterocycles. The van der Waals surface area contributed by atoms with E-state index in [4.69, 9.17) is 11.6 Å². The summed E-state index contributed by atoms with van der Waals surface area (Å²) < 4.78 is 0. The van der Waals surface area contributed by atoms with Crippen LogP contribution >= 0.6 is 23.4 Å². The number of hydrogen-bond donors (Lipinski definition) is 1. The SMILES string of the molecule is CC(C)(C)c1ccc(/C=N\NC(=O)CCSc2ccc(Cl)cc2)cc1. The third kappa shape index (κ3) is 6.92. The first kappa shape index (κ1) is 19.5. The van der Waals surface area contributed by atoms with Crippen molar-refractivity contribution in [2.75, 3.05) is 5.75 Å². The average Bonchev–Trinajstić information content (AvgIpc) is 2.56. The van der Waals surface area contributed by atoms with Crippen molar-refractivity contribution in [3.05, 3.63) is 64.7 Å². The van der Waals surface area contributed by atoms with E-state index < -0.39 is 0 Å². The Kier molecular flexibility index (Phi) is 7.09. The third-order valence-corrected chi connectivity index (χ3v) is 4.86. The molecule has 0 aliphatic rings. The molecule has 0 atom stereocenters. The van der Waals surface area contributed by atoms with Gasteiger partial charge in [-0.25, -0.2) is 5.43 Å². The highest BCUT2D eigenvalue weighted by atomic mass is 35.5. The van der Waals surface area contributed by atoms with Crippen LogP contribution in [0.25, 0.3) is 0 Å². The van der Waals surface area contributed by atoms with E-state index in [2.05, 4.69) is 43.4 Å². The molecule has 132 valence electrons. The second-order valence-electron chi connectivity index (χ2n) is 6.72. The lowest BCUT2D eigenvalue weighted by Crippen LogP contribution is -2.17. The predicted molar refractivity (Wildman–Crippen MR) is 108 cm³/mol. The van der Waals surface area contributed by atoms with Gasteiger partial charge in [0.25, 0.3) is 0 Å². The molecule has 0 radical (unpaired) electrons. The minimum absolute atomic E-state index is 0.0935. The van der Waals surface area contributed by atoms with Crippen molar-refractivity contribution in [2.24, 2.45) is 5.10 Å². The van der Waals surface area contributed by atoms with Crippen LogP contribution in [0.4, 0.5) is 0 Å². The largest absolute Gasteiger partial charge is 0.273 e. The number of hydrogen-bond acceptors (Lipinski definition) is 3. The Labute approximate surface area is 158 Å². The Balaban J connectivity index is 1.73. The van der Waals surface area contributed by atoms with Crippen molar-refractivity contribution in [3.8, 4) is 0 Å². The fraction of sp³-hybridized carbons (Fsp3) is 0.300. The molecule has 0 saturated heterocycles. The summed E-state index contributed by atoms with van der Waals surface area (Å²) in [5.41, 5.74) is 4.93. The molecule has 0 bridgehead atoms. The topological polar surface area (TPSA) is 41.5 Å². The minimum Gasteiger partial charge on any atom is -0.273 e. The van der Waals surface area contributed by atoms with E-state index in [1.165, 1.54) is 5.56 Å². The van der Waals surface area contributed by atoms with Gasteiger partial charge in [0.05, 0.1) is 6.21 Å². The lowest BCUT2D eigenvalue weighted by molar-refractivity contribution is -0.120. The highest BCUT2D eigenvalue weighted by Gasteiger charge is 2.12. The number of nitrogens with zero attached hydrogens (tertiary/aromatic N) is 1. The van der Waals surface area contributed by atoms with E-state index >= 15 is 0 Å². The number of benzene rings is 2. The molecule has 0 aliphatic carbocycles. The first-order valence-electron chi connectivity index (χ1n) is 8.15. The Morgan fingerprint density at radius 3 is 2.36 bits per heavy atom. The molecule has 2 aromatic rings. The number of nitrogens with one attached hydrogen (secondary N) is 1. The summed E-state index contributed by atoms with van der Waals surface area (Å²) in [5.74, 6) is 0.604. The molecule has 0 spiro atoms. The highest BCUT2D eigenvalue weighted by Crippen LogP contribution is 2.22. The van der Waals surface area contributed by atoms with Crippen molar-refractivity contribution < 1.29 is 4.79 Å². The van der Waals surface area contributed by atoms with E-state index in [1.54, 1.807) is 18.0 Å². The van der Waals surface area contributed by atoms with Gasteiger partial charge in [-0.15, -0.1) is 11.8 Å². The van der Waals surface area contributed by atoms with Crippen molar-refractivity contribution >= 4 is 35.5 Å². The van der Waals surface area contributed by atoms with Gasteiger partial charge < -0.3 is 0 Å². The second-order valence-corrected chi connectivity index (χ2v) is 8.32. The number of halogens is 1. The van der Waals surface area contributed by atoms with Gasteiger partial charge in [0.15, 0.2) is 0 Å². The van der Waals surface area contributed by atoms with Crippen LogP contribution in [0.2, 0.25) is 5.02 Å². The van der Waals surface area contributed by atoms with Crippen LogP contribution in [0.3, 0.4) is 0 Å². The molecule has 25 heavy (non-hydrogen) atoms. The molecule has 0 fully saturated rings. The molecule has 0 aliphatic heterocycles. The quantitative estimate of drug-likeness (QED) is 0.425. The molecule has 1 N–H and O–H groups in total. The molecule has 2 aromatic carbocycles. The number of amides is 1. The van der Waals surface area contributed by atoms with Gasteiger partial charge in [0, 0.05) is 22.1 Å². The monoisotopic (exact) mass is 374 g/mol. The first-order valence-corrected chi connectivity index (χ1v) is 9.52. The summed E-state index contributed by atoms with van der Waals surface area (Å²) in [6.45, 7) is 6.54. The number of carbonyl (C=O) groups excluding carboxylic acids is 1. The van der Waals surface area contributed by atoms with Gasteiger partial charge >= 0.3 is 0 Å². The van der Waals surface area contributed by atoms with Gasteiger partial charge in [-0.3, -0.25) is 4.79 Å². The van der Waals surface area contributed by atoms with Crippen LogP contribution < -0.4 is 5.43 Å². The zero-order chi connectivity index (χ0) is 18.3. The predicted octanol–water partition coefficient (Wildman–Crippen LogP) is 5.27. The maximum Gasteiger partial charge on any atom is 0.240 e. The Morgan fingerprint density at radius 1 is 1.12 bits per heavy atom. The summed E-state index contributed by atoms with van der Waals surface area (Å²) in [7, 11) is 0. The zero-order valence-corrected chi connectivity index (χ0v) is 16.3. The van der Waals surface area contributed by atoms with Gasteiger partial charge in [-0.1, -0.05) is 56.6 Å². The summed E-state index contributed by atoms with van der Waals surface area (Å²) in [4.78, 5) is 12.9. The van der Waals surface area contributed by atoms with Crippen molar-refractivity contribution in [1.82, 2.24) is 5.43 Å². The molecule has 2 rings (SSSR count). The lowest BCUT2D eigenvalue weighted by atomic mass is 9.87. The van der Waals surface area contributed by atoms with Crippen LogP contribution in [0.1, 0.15) is 38.3 Å². The van der Waals surface area contributed by atoms with Crippen LogP contribution in [-0.2, 0) is 10.2 Å². The van der Waals surface area contributed by atoms with E-state index in [0.717, 1.165) is 10.5 Å². The third-order valence-electron chi connectivity index (χ3n) is 3.59. The molecule has 0 unspecified atom stereocenters. The molecule has 1 amide bonds. The minimum atomic E-state index is -0.0935. The molecular formula is C20H23ClN2OS. The number of carbonyl (C=O) groups is 1. The molecule has 3 nitrogen and oxygen atoms in total. The zero-order valence-electron chi connectivity index (χ0n) is 14.8. The second kappa shape index (κ2) is 9.07. The Morgan fingerprint density at radius 2 is 1.76 bits per heavy atom. The summed E-state index contributed by atoms with van der Waals surface area (Å²) >= 11 is 7.47. The molecular weight excluding hydrogens is 352 g/mol. The number of thioether (sulfide) groups is 1. The number of rotatable bonds is 6. The highest BCUT2D eigenvalue weighted by molar-refractivity contribution is 7.99. The molecule has 0 heterocycles. The van der Waals surface area contributed by atoms with E-state index in [1.807, 2.05) is 36.4 Å². The maximum atomic E-state index is 11.8. The lowest BCUT2D eigenvalue weighted by Gasteiger charge is -2.18. The van der Waals surface area contributed by atoms with Crippen LogP contribution in [-0.4, -0.2) is 17.9 Å². The van der Waals surface area contributed by atoms with Gasteiger partial charge in [-0.05, 0) is 40.8 Å². The fourth-order valence-electron chi connectivity index (χ4n) is 2.10. The van der Waals surface area contributed by atoms with Crippen molar-refractivity contribution in [2.45, 2.75) is 37.5 Å². The normalized spacial score (nSPS) is 11.7. The summed E-state index contributed by atoms with van der Waals surface area (Å²) in [6, 6.07) is 15.8. The average molecular weight is 375 g/mol. The molecule has 0 saturated carbocycles. The van der Waals surface area contributed by atoms with Crippen LogP contribution in [0, 0.1) is 0 Å². The van der Waals surface area contributed by atoms with Crippen LogP contribution in [0.5, 0.6) is 0 Å².